The van der Waals surface area contributed by atoms with Crippen LogP contribution in [0.15, 0.2) is 35.2 Å². The number of piperidine rings is 1. The summed E-state index contributed by atoms with van der Waals surface area (Å²) in [5, 5.41) is 4.55. The first-order valence-electron chi connectivity index (χ1n) is 8.47. The fourth-order valence-corrected chi connectivity index (χ4v) is 5.30. The van der Waals surface area contributed by atoms with Crippen molar-refractivity contribution in [1.29, 1.82) is 0 Å². The fourth-order valence-electron chi connectivity index (χ4n) is 3.75. The Kier molecular flexibility index (Phi) is 3.82. The van der Waals surface area contributed by atoms with Gasteiger partial charge in [-0.1, -0.05) is 19.1 Å². The van der Waals surface area contributed by atoms with E-state index in [1.54, 1.807) is 42.3 Å². The van der Waals surface area contributed by atoms with E-state index in [0.717, 1.165) is 18.7 Å². The number of rotatable bonds is 3. The van der Waals surface area contributed by atoms with Crippen molar-refractivity contribution >= 4 is 32.4 Å². The van der Waals surface area contributed by atoms with Crippen molar-refractivity contribution in [3.63, 3.8) is 0 Å². The fraction of sp³-hybridized carbons (Fsp3) is 0.389. The molecule has 1 fully saturated rings. The van der Waals surface area contributed by atoms with E-state index in [1.807, 2.05) is 0 Å². The zero-order valence-electron chi connectivity index (χ0n) is 14.2. The summed E-state index contributed by atoms with van der Waals surface area (Å²) in [6.07, 6.45) is 0.941. The first kappa shape index (κ1) is 16.5. The molecule has 6 nitrogen and oxygen atoms in total. The molecule has 2 aromatic carbocycles. The van der Waals surface area contributed by atoms with Crippen LogP contribution >= 0.6 is 0 Å². The number of hydrogen-bond donors (Lipinski definition) is 2. The first-order valence-corrected chi connectivity index (χ1v) is 9.95. The lowest BCUT2D eigenvalue weighted by Gasteiger charge is -2.30. The molecule has 2 atom stereocenters. The highest BCUT2D eigenvalue weighted by atomic mass is 32.2. The quantitative estimate of drug-likeness (QED) is 0.874. The minimum absolute atomic E-state index is 0.104. The molecule has 1 amide bonds. The Morgan fingerprint density at radius 3 is 2.80 bits per heavy atom. The van der Waals surface area contributed by atoms with Gasteiger partial charge in [-0.25, -0.2) is 13.1 Å². The molecule has 0 saturated carbocycles. The number of anilines is 1. The minimum atomic E-state index is -3.68. The Morgan fingerprint density at radius 2 is 2.04 bits per heavy atom. The van der Waals surface area contributed by atoms with E-state index < -0.39 is 10.0 Å². The molecule has 4 rings (SSSR count). The zero-order valence-corrected chi connectivity index (χ0v) is 15.1. The second kappa shape index (κ2) is 5.79. The molecule has 0 radical (unpaired) electrons. The lowest BCUT2D eigenvalue weighted by atomic mass is 9.96. The van der Waals surface area contributed by atoms with Gasteiger partial charge in [0.1, 0.15) is 0 Å². The molecule has 25 heavy (non-hydrogen) atoms. The van der Waals surface area contributed by atoms with Crippen LogP contribution in [0.5, 0.6) is 0 Å². The molecular formula is C18H21N3O3S. The monoisotopic (exact) mass is 359 g/mol. The molecule has 132 valence electrons. The first-order chi connectivity index (χ1) is 11.9. The zero-order chi connectivity index (χ0) is 17.8. The molecule has 2 heterocycles. The van der Waals surface area contributed by atoms with E-state index in [0.29, 0.717) is 22.9 Å². The van der Waals surface area contributed by atoms with Gasteiger partial charge in [-0.05, 0) is 37.1 Å². The van der Waals surface area contributed by atoms with Crippen molar-refractivity contribution in [2.75, 3.05) is 25.0 Å². The van der Waals surface area contributed by atoms with Gasteiger partial charge in [0.15, 0.2) is 0 Å². The number of sulfonamides is 1. The molecule has 0 aromatic heterocycles. The van der Waals surface area contributed by atoms with Crippen molar-refractivity contribution in [2.45, 2.75) is 24.3 Å². The van der Waals surface area contributed by atoms with Crippen LogP contribution in [-0.2, 0) is 10.0 Å². The van der Waals surface area contributed by atoms with Crippen molar-refractivity contribution in [3.8, 4) is 0 Å². The highest BCUT2D eigenvalue weighted by Crippen LogP contribution is 2.39. The predicted molar refractivity (Wildman–Crippen MR) is 97.4 cm³/mol. The van der Waals surface area contributed by atoms with Gasteiger partial charge in [-0.2, -0.15) is 0 Å². The topological polar surface area (TPSA) is 78.5 Å². The number of benzene rings is 2. The van der Waals surface area contributed by atoms with E-state index in [4.69, 9.17) is 0 Å². The van der Waals surface area contributed by atoms with Gasteiger partial charge in [-0.3, -0.25) is 4.79 Å². The van der Waals surface area contributed by atoms with Crippen LogP contribution in [0.25, 0.3) is 10.8 Å². The third kappa shape index (κ3) is 2.54. The number of nitrogens with one attached hydrogen (secondary N) is 2. The molecule has 2 aliphatic rings. The lowest BCUT2D eigenvalue weighted by molar-refractivity contribution is 0.0999. The van der Waals surface area contributed by atoms with Crippen molar-refractivity contribution in [3.05, 3.63) is 35.9 Å². The smallest absolute Gasteiger partial charge is 0.258 e. The summed E-state index contributed by atoms with van der Waals surface area (Å²) in [7, 11) is -1.97. The van der Waals surface area contributed by atoms with Crippen molar-refractivity contribution < 1.29 is 13.2 Å². The van der Waals surface area contributed by atoms with E-state index in [9.17, 15) is 13.2 Å². The molecule has 7 heteroatoms. The second-order valence-corrected chi connectivity index (χ2v) is 8.56. The van der Waals surface area contributed by atoms with Crippen LogP contribution in [0.3, 0.4) is 0 Å². The Hall–Kier alpha value is -1.96. The maximum absolute atomic E-state index is 13.0. The summed E-state index contributed by atoms with van der Waals surface area (Å²) in [5.74, 6) is 0.175. The Morgan fingerprint density at radius 1 is 1.24 bits per heavy atom. The predicted octanol–water partition coefficient (Wildman–Crippen LogP) is 1.71. The molecular weight excluding hydrogens is 338 g/mol. The van der Waals surface area contributed by atoms with Gasteiger partial charge >= 0.3 is 0 Å². The number of hydrogen-bond acceptors (Lipinski definition) is 4. The number of carbonyl (C=O) groups is 1. The van der Waals surface area contributed by atoms with Gasteiger partial charge in [-0.15, -0.1) is 0 Å². The van der Waals surface area contributed by atoms with Crippen LogP contribution in [-0.4, -0.2) is 40.5 Å². The largest absolute Gasteiger partial charge is 0.315 e. The summed E-state index contributed by atoms with van der Waals surface area (Å²) < 4.78 is 28.9. The van der Waals surface area contributed by atoms with Crippen molar-refractivity contribution in [1.82, 2.24) is 10.0 Å². The highest BCUT2D eigenvalue weighted by molar-refractivity contribution is 7.89. The SMILES string of the molecule is CC1CCNCC1NS(=O)(=O)c1ccc2c3c(cccc13)C(=O)N2C. The van der Waals surface area contributed by atoms with E-state index in [2.05, 4.69) is 17.0 Å². The van der Waals surface area contributed by atoms with Gasteiger partial charge in [0.2, 0.25) is 10.0 Å². The molecule has 0 aliphatic carbocycles. The van der Waals surface area contributed by atoms with Gasteiger partial charge in [0.25, 0.3) is 5.91 Å². The van der Waals surface area contributed by atoms with Crippen LogP contribution in [0.1, 0.15) is 23.7 Å². The molecule has 2 N–H and O–H groups in total. The van der Waals surface area contributed by atoms with Crippen molar-refractivity contribution in [2.24, 2.45) is 5.92 Å². The summed E-state index contributed by atoms with van der Waals surface area (Å²) in [6.45, 7) is 3.60. The standard InChI is InChI=1S/C18H21N3O3S/c1-11-8-9-19-10-14(11)20-25(23,24)16-7-6-15-17-12(16)4-3-5-13(17)18(22)21(15)2/h3-7,11,14,19-20H,8-10H2,1-2H3. The Labute approximate surface area is 147 Å². The van der Waals surface area contributed by atoms with Gasteiger partial charge < -0.3 is 10.2 Å². The lowest BCUT2D eigenvalue weighted by Crippen LogP contribution is -2.50. The summed E-state index contributed by atoms with van der Waals surface area (Å²) in [5.41, 5.74) is 1.31. The summed E-state index contributed by atoms with van der Waals surface area (Å²) in [6, 6.07) is 8.43. The summed E-state index contributed by atoms with van der Waals surface area (Å²) in [4.78, 5) is 14.1. The summed E-state index contributed by atoms with van der Waals surface area (Å²) >= 11 is 0. The van der Waals surface area contributed by atoms with Crippen LogP contribution in [0.2, 0.25) is 0 Å². The number of amides is 1. The normalized spacial score (nSPS) is 23.4. The van der Waals surface area contributed by atoms with Gasteiger partial charge in [0.05, 0.1) is 10.6 Å². The van der Waals surface area contributed by atoms with Gasteiger partial charge in [0, 0.05) is 36.0 Å². The second-order valence-electron chi connectivity index (χ2n) is 6.87. The average molecular weight is 359 g/mol. The molecule has 2 aromatic rings. The maximum Gasteiger partial charge on any atom is 0.258 e. The van der Waals surface area contributed by atoms with Crippen LogP contribution < -0.4 is 14.9 Å². The molecule has 2 unspecified atom stereocenters. The van der Waals surface area contributed by atoms with Crippen LogP contribution in [0, 0.1) is 5.92 Å². The van der Waals surface area contributed by atoms with Crippen LogP contribution in [0.4, 0.5) is 5.69 Å². The molecule has 0 spiro atoms. The third-order valence-electron chi connectivity index (χ3n) is 5.30. The highest BCUT2D eigenvalue weighted by Gasteiger charge is 2.32. The number of nitrogens with zero attached hydrogens (tertiary/aromatic N) is 1. The molecule has 1 saturated heterocycles. The van der Waals surface area contributed by atoms with E-state index >= 15 is 0 Å². The average Bonchev–Trinajstić information content (AvgIpc) is 2.84. The maximum atomic E-state index is 13.0. The molecule has 0 bridgehead atoms. The minimum Gasteiger partial charge on any atom is -0.315 e. The molecule has 2 aliphatic heterocycles. The Bertz CT molecular complexity index is 971. The van der Waals surface area contributed by atoms with E-state index in [-0.39, 0.29) is 22.8 Å². The van der Waals surface area contributed by atoms with E-state index in [1.165, 1.54) is 0 Å². The number of carbonyl (C=O) groups excluding carboxylic acids is 1. The Balaban J connectivity index is 1.81. The third-order valence-corrected chi connectivity index (χ3v) is 6.85.